The molecule has 30 heavy (non-hydrogen) atoms. The van der Waals surface area contributed by atoms with Crippen molar-refractivity contribution in [2.24, 2.45) is 5.92 Å². The van der Waals surface area contributed by atoms with Crippen LogP contribution in [0.3, 0.4) is 0 Å². The van der Waals surface area contributed by atoms with E-state index in [0.29, 0.717) is 43.8 Å². The first kappa shape index (κ1) is 30.0. The third-order valence-corrected chi connectivity index (χ3v) is 4.86. The molecule has 0 aromatic heterocycles. The van der Waals surface area contributed by atoms with E-state index in [4.69, 9.17) is 0 Å². The Hall–Kier alpha value is -2.16. The van der Waals surface area contributed by atoms with Crippen molar-refractivity contribution in [2.45, 2.75) is 85.6 Å². The van der Waals surface area contributed by atoms with E-state index in [0.717, 1.165) is 32.1 Å². The van der Waals surface area contributed by atoms with Gasteiger partial charge in [-0.3, -0.25) is 24.4 Å². The van der Waals surface area contributed by atoms with Gasteiger partial charge in [0.1, 0.15) is 6.04 Å². The Labute approximate surface area is 181 Å². The molecule has 4 amide bonds. The van der Waals surface area contributed by atoms with Crippen LogP contribution in [0.2, 0.25) is 0 Å². The quantitative estimate of drug-likeness (QED) is 0.203. The van der Waals surface area contributed by atoms with Crippen LogP contribution in [-0.2, 0) is 19.2 Å². The van der Waals surface area contributed by atoms with E-state index in [1.807, 2.05) is 0 Å². The molecular formula is C21H42N4O5. The molecule has 0 aromatic carbocycles. The summed E-state index contributed by atoms with van der Waals surface area (Å²) in [5.74, 6) is -1.21. The number of unbranched alkanes of at least 4 members (excludes halogenated alkanes) is 1. The first-order chi connectivity index (χ1) is 13.4. The maximum absolute atomic E-state index is 12.7. The van der Waals surface area contributed by atoms with Crippen LogP contribution >= 0.6 is 0 Å². The molecule has 1 rings (SSSR count). The van der Waals surface area contributed by atoms with Gasteiger partial charge in [-0.25, -0.2) is 5.06 Å². The van der Waals surface area contributed by atoms with Gasteiger partial charge in [0.2, 0.25) is 24.1 Å². The zero-order valence-electron chi connectivity index (χ0n) is 16.7. The van der Waals surface area contributed by atoms with Crippen molar-refractivity contribution < 1.29 is 24.4 Å². The molecular weight excluding hydrogens is 388 g/mol. The van der Waals surface area contributed by atoms with Crippen molar-refractivity contribution >= 4 is 24.1 Å². The standard InChI is InChI=1S/C19H34N4O5.2CH4/c1-15(25)20-11-8-6-10-17-19(27)21-12-7-4-2-3-5-9-16(18(26)22-17)13-23(28)14-24;;/h14,16-17,28H,2-13H2,1H3,(H,20,25)(H,21,27)(H,22,26);2*1H4/t16-,17+;;/m1../s1. The molecule has 1 fully saturated rings. The Balaban J connectivity index is 0. The Kier molecular flexibility index (Phi) is 17.7. The lowest BCUT2D eigenvalue weighted by Crippen LogP contribution is -2.50. The van der Waals surface area contributed by atoms with E-state index in [2.05, 4.69) is 16.0 Å². The van der Waals surface area contributed by atoms with Crippen molar-refractivity contribution in [2.75, 3.05) is 19.6 Å². The predicted molar refractivity (Wildman–Crippen MR) is 117 cm³/mol. The SMILES string of the molecule is C.C.CC(=O)NCCCC[C@@H]1NC(=O)[C@@H](CN(O)C=O)CCCCCCCNC1=O. The Morgan fingerprint density at radius 2 is 1.80 bits per heavy atom. The molecule has 2 atom stereocenters. The molecule has 9 nitrogen and oxygen atoms in total. The summed E-state index contributed by atoms with van der Waals surface area (Å²) in [5, 5.41) is 18.4. The lowest BCUT2D eigenvalue weighted by Gasteiger charge is -2.23. The van der Waals surface area contributed by atoms with Gasteiger partial charge in [0.15, 0.2) is 0 Å². The van der Waals surface area contributed by atoms with Gasteiger partial charge < -0.3 is 16.0 Å². The number of carbonyl (C=O) groups is 4. The van der Waals surface area contributed by atoms with Gasteiger partial charge in [-0.05, 0) is 32.1 Å². The van der Waals surface area contributed by atoms with Crippen LogP contribution in [0.15, 0.2) is 0 Å². The molecule has 0 bridgehead atoms. The zero-order valence-corrected chi connectivity index (χ0v) is 16.7. The highest BCUT2D eigenvalue weighted by molar-refractivity contribution is 5.88. The molecule has 0 aliphatic carbocycles. The summed E-state index contributed by atoms with van der Waals surface area (Å²) in [6, 6.07) is -0.670. The fraction of sp³-hybridized carbons (Fsp3) is 0.810. The second kappa shape index (κ2) is 17.7. The lowest BCUT2D eigenvalue weighted by molar-refractivity contribution is -0.155. The summed E-state index contributed by atoms with van der Waals surface area (Å²) < 4.78 is 0. The summed E-state index contributed by atoms with van der Waals surface area (Å²) in [4.78, 5) is 46.8. The third-order valence-electron chi connectivity index (χ3n) is 4.86. The number of hydrogen-bond acceptors (Lipinski definition) is 5. The van der Waals surface area contributed by atoms with E-state index in [1.165, 1.54) is 6.92 Å². The van der Waals surface area contributed by atoms with E-state index < -0.39 is 12.0 Å². The number of rotatable bonds is 8. The molecule has 0 unspecified atom stereocenters. The average Bonchev–Trinajstić information content (AvgIpc) is 2.67. The highest BCUT2D eigenvalue weighted by atomic mass is 16.5. The van der Waals surface area contributed by atoms with E-state index in [9.17, 15) is 24.4 Å². The maximum atomic E-state index is 12.7. The molecule has 1 heterocycles. The molecule has 176 valence electrons. The minimum atomic E-state index is -0.670. The number of hydrogen-bond donors (Lipinski definition) is 4. The number of nitrogens with one attached hydrogen (secondary N) is 3. The second-order valence-electron chi connectivity index (χ2n) is 7.31. The summed E-state index contributed by atoms with van der Waals surface area (Å²) >= 11 is 0. The molecule has 0 aromatic rings. The molecule has 9 heteroatoms. The molecule has 1 aliphatic rings. The van der Waals surface area contributed by atoms with Crippen molar-refractivity contribution in [1.29, 1.82) is 0 Å². The highest BCUT2D eigenvalue weighted by Gasteiger charge is 2.26. The average molecular weight is 431 g/mol. The van der Waals surface area contributed by atoms with E-state index in [-0.39, 0.29) is 45.5 Å². The van der Waals surface area contributed by atoms with Crippen LogP contribution in [-0.4, -0.2) is 60.1 Å². The van der Waals surface area contributed by atoms with Gasteiger partial charge in [-0.2, -0.15) is 0 Å². The topological polar surface area (TPSA) is 128 Å². The van der Waals surface area contributed by atoms with E-state index in [1.54, 1.807) is 0 Å². The number of amides is 4. The van der Waals surface area contributed by atoms with Crippen molar-refractivity contribution in [3.8, 4) is 0 Å². The van der Waals surface area contributed by atoms with Gasteiger partial charge in [0.25, 0.3) is 0 Å². The lowest BCUT2D eigenvalue weighted by atomic mass is 9.98. The van der Waals surface area contributed by atoms with Crippen LogP contribution in [0, 0.1) is 5.92 Å². The van der Waals surface area contributed by atoms with Crippen molar-refractivity contribution in [3.63, 3.8) is 0 Å². The predicted octanol–water partition coefficient (Wildman–Crippen LogP) is 1.98. The minimum Gasteiger partial charge on any atom is -0.356 e. The smallest absolute Gasteiger partial charge is 0.242 e. The molecule has 0 saturated carbocycles. The van der Waals surface area contributed by atoms with Gasteiger partial charge in [-0.1, -0.05) is 40.5 Å². The van der Waals surface area contributed by atoms with Gasteiger partial charge in [0.05, 0.1) is 12.5 Å². The van der Waals surface area contributed by atoms with Gasteiger partial charge in [-0.15, -0.1) is 0 Å². The molecule has 4 N–H and O–H groups in total. The molecule has 1 aliphatic heterocycles. The van der Waals surface area contributed by atoms with Crippen LogP contribution in [0.4, 0.5) is 0 Å². The zero-order chi connectivity index (χ0) is 20.8. The molecule has 0 radical (unpaired) electrons. The van der Waals surface area contributed by atoms with Gasteiger partial charge >= 0.3 is 0 Å². The maximum Gasteiger partial charge on any atom is 0.242 e. The monoisotopic (exact) mass is 430 g/mol. The normalized spacial score (nSPS) is 20.5. The van der Waals surface area contributed by atoms with Crippen LogP contribution in [0.5, 0.6) is 0 Å². The highest BCUT2D eigenvalue weighted by Crippen LogP contribution is 2.15. The number of hydroxylamine groups is 2. The Bertz CT molecular complexity index is 516. The summed E-state index contributed by atoms with van der Waals surface area (Å²) in [5.41, 5.74) is 0. The van der Waals surface area contributed by atoms with Crippen LogP contribution in [0.1, 0.15) is 79.6 Å². The van der Waals surface area contributed by atoms with Crippen molar-refractivity contribution in [3.05, 3.63) is 0 Å². The largest absolute Gasteiger partial charge is 0.356 e. The first-order valence-electron chi connectivity index (χ1n) is 10.2. The second-order valence-corrected chi connectivity index (χ2v) is 7.31. The van der Waals surface area contributed by atoms with Crippen LogP contribution in [0.25, 0.3) is 0 Å². The Morgan fingerprint density at radius 3 is 2.47 bits per heavy atom. The fourth-order valence-electron chi connectivity index (χ4n) is 3.25. The first-order valence-corrected chi connectivity index (χ1v) is 10.2. The fourth-order valence-corrected chi connectivity index (χ4v) is 3.25. The molecule has 1 saturated heterocycles. The number of nitrogens with zero attached hydrogens (tertiary/aromatic N) is 1. The molecule has 0 spiro atoms. The van der Waals surface area contributed by atoms with Crippen LogP contribution < -0.4 is 16.0 Å². The third kappa shape index (κ3) is 13.1. The summed E-state index contributed by atoms with van der Waals surface area (Å²) in [6.45, 7) is 2.47. The minimum absolute atomic E-state index is 0. The summed E-state index contributed by atoms with van der Waals surface area (Å²) in [6.07, 6.45) is 7.39. The van der Waals surface area contributed by atoms with E-state index >= 15 is 0 Å². The Morgan fingerprint density at radius 1 is 1.13 bits per heavy atom. The van der Waals surface area contributed by atoms with Gasteiger partial charge in [0, 0.05) is 20.0 Å². The summed E-state index contributed by atoms with van der Waals surface area (Å²) in [7, 11) is 0. The van der Waals surface area contributed by atoms with Crippen molar-refractivity contribution in [1.82, 2.24) is 21.0 Å². The number of carbonyl (C=O) groups excluding carboxylic acids is 4.